The molecule has 5 aromatic rings. The average Bonchev–Trinajstić information content (AvgIpc) is 2.93. The van der Waals surface area contributed by atoms with Gasteiger partial charge in [0.05, 0.1) is 9.79 Å². The van der Waals surface area contributed by atoms with E-state index in [2.05, 4.69) is 133 Å². The van der Waals surface area contributed by atoms with Gasteiger partial charge in [0.25, 0.3) is 0 Å². The van der Waals surface area contributed by atoms with Crippen LogP contribution in [0.2, 0.25) is 0 Å². The molecule has 0 bridgehead atoms. The van der Waals surface area contributed by atoms with Crippen molar-refractivity contribution in [3.63, 3.8) is 0 Å². The Bertz CT molecular complexity index is 1400. The molecule has 1 aliphatic heterocycles. The van der Waals surface area contributed by atoms with Crippen LogP contribution in [0.4, 0.5) is 17.3 Å². The average molecular weight is 546 g/mol. The minimum absolute atomic E-state index is 0.0892. The lowest BCUT2D eigenvalue weighted by atomic mass is 9.85. The van der Waals surface area contributed by atoms with Gasteiger partial charge in [0.1, 0.15) is 10.9 Å². The smallest absolute Gasteiger partial charge is 0.418 e. The van der Waals surface area contributed by atoms with Crippen molar-refractivity contribution in [3.8, 4) is 0 Å². The van der Waals surface area contributed by atoms with Crippen molar-refractivity contribution in [1.29, 1.82) is 0 Å². The zero-order valence-corrected chi connectivity index (χ0v) is 21.8. The Hall–Kier alpha value is -3.42. The third kappa shape index (κ3) is 6.17. The highest BCUT2D eigenvalue weighted by atomic mass is 32.2. The second-order valence-electron chi connectivity index (χ2n) is 8.62. The number of benzene rings is 5. The third-order valence-electron chi connectivity index (χ3n) is 6.07. The van der Waals surface area contributed by atoms with Crippen LogP contribution in [0.5, 0.6) is 0 Å². The van der Waals surface area contributed by atoms with E-state index in [9.17, 15) is 17.3 Å². The van der Waals surface area contributed by atoms with E-state index in [1.54, 1.807) is 0 Å². The fraction of sp³-hybridized carbons (Fsp3) is 0.0323. The number of hydrogen-bond acceptors (Lipinski definition) is 1. The topological polar surface area (TPSA) is 0 Å². The summed E-state index contributed by atoms with van der Waals surface area (Å²) in [4.78, 5) is 6.97. The summed E-state index contributed by atoms with van der Waals surface area (Å²) >= 11 is 1.89. The van der Waals surface area contributed by atoms with Gasteiger partial charge in [-0.3, -0.25) is 0 Å². The number of rotatable bonds is 4. The van der Waals surface area contributed by atoms with Gasteiger partial charge in [0.2, 0.25) is 0 Å². The first-order chi connectivity index (χ1) is 18.4. The van der Waals surface area contributed by atoms with Gasteiger partial charge in [-0.1, -0.05) is 109 Å². The van der Waals surface area contributed by atoms with Crippen molar-refractivity contribution in [1.82, 2.24) is 0 Å². The SMILES string of the molecule is F[B-](F)(F)F.c1ccc(C(c2ccccc2)c2ccc([S+]3c4ccccc4Sc4ccccc43)cc2)cc1. The Balaban J connectivity index is 0.000000540. The lowest BCUT2D eigenvalue weighted by Crippen LogP contribution is -2.11. The van der Waals surface area contributed by atoms with Gasteiger partial charge in [-0.15, -0.1) is 0 Å². The van der Waals surface area contributed by atoms with Crippen molar-refractivity contribution >= 4 is 29.9 Å². The molecule has 7 heteroatoms. The van der Waals surface area contributed by atoms with Crippen LogP contribution in [0.15, 0.2) is 158 Å². The first-order valence-corrected chi connectivity index (χ1v) is 14.1. The van der Waals surface area contributed by atoms with Crippen molar-refractivity contribution in [2.45, 2.75) is 30.4 Å². The largest absolute Gasteiger partial charge is 0.673 e. The highest BCUT2D eigenvalue weighted by Crippen LogP contribution is 2.48. The molecule has 0 N–H and O–H groups in total. The summed E-state index contributed by atoms with van der Waals surface area (Å²) in [5, 5.41) is 0. The maximum absolute atomic E-state index is 9.75. The highest BCUT2D eigenvalue weighted by Gasteiger charge is 2.37. The van der Waals surface area contributed by atoms with Crippen molar-refractivity contribution in [2.24, 2.45) is 0 Å². The molecule has 0 fully saturated rings. The van der Waals surface area contributed by atoms with Gasteiger partial charge in [0, 0.05) is 5.92 Å². The molecule has 1 heterocycles. The maximum Gasteiger partial charge on any atom is 0.673 e. The number of halogens is 4. The summed E-state index contributed by atoms with van der Waals surface area (Å²) < 4.78 is 39.0. The van der Waals surface area contributed by atoms with Crippen molar-refractivity contribution < 1.29 is 17.3 Å². The Kier molecular flexibility index (Phi) is 7.96. The molecule has 0 nitrogen and oxygen atoms in total. The molecule has 190 valence electrons. The molecule has 1 aliphatic rings. The van der Waals surface area contributed by atoms with Crippen molar-refractivity contribution in [2.75, 3.05) is 0 Å². The molecule has 0 aromatic heterocycles. The summed E-state index contributed by atoms with van der Waals surface area (Å²) in [6.07, 6.45) is 0. The van der Waals surface area contributed by atoms with E-state index >= 15 is 0 Å². The van der Waals surface area contributed by atoms with Crippen LogP contribution in [-0.2, 0) is 10.9 Å². The summed E-state index contributed by atoms with van der Waals surface area (Å²) in [7, 11) is -6.09. The summed E-state index contributed by atoms with van der Waals surface area (Å²) in [6, 6.07) is 48.8. The Labute approximate surface area is 227 Å². The molecule has 0 radical (unpaired) electrons. The second-order valence-corrected chi connectivity index (χ2v) is 11.7. The molecule has 38 heavy (non-hydrogen) atoms. The molecular weight excluding hydrogens is 523 g/mol. The van der Waals surface area contributed by atoms with E-state index in [0.29, 0.717) is 0 Å². The molecule has 0 saturated carbocycles. The molecule has 6 rings (SSSR count). The number of hydrogen-bond donors (Lipinski definition) is 0. The molecule has 0 amide bonds. The molecule has 0 atom stereocenters. The highest BCUT2D eigenvalue weighted by molar-refractivity contribution is 8.04. The van der Waals surface area contributed by atoms with Gasteiger partial charge in [-0.05, 0) is 53.1 Å². The quantitative estimate of drug-likeness (QED) is 0.0918. The zero-order valence-electron chi connectivity index (χ0n) is 20.2. The molecule has 0 saturated heterocycles. The summed E-state index contributed by atoms with van der Waals surface area (Å²) in [5.74, 6) is 0.228. The maximum atomic E-state index is 9.75. The summed E-state index contributed by atoms with van der Waals surface area (Å²) in [6.45, 7) is 0. The Morgan fingerprint density at radius 2 is 0.842 bits per heavy atom. The van der Waals surface area contributed by atoms with Crippen LogP contribution in [0, 0.1) is 0 Å². The lowest BCUT2D eigenvalue weighted by Gasteiger charge is -2.21. The van der Waals surface area contributed by atoms with E-state index in [4.69, 9.17) is 0 Å². The van der Waals surface area contributed by atoms with Gasteiger partial charge in [-0.2, -0.15) is 0 Å². The Morgan fingerprint density at radius 1 is 0.474 bits per heavy atom. The fourth-order valence-electron chi connectivity index (χ4n) is 4.56. The van der Waals surface area contributed by atoms with Crippen LogP contribution in [0.25, 0.3) is 0 Å². The van der Waals surface area contributed by atoms with E-state index in [0.717, 1.165) is 0 Å². The molecule has 0 unspecified atom stereocenters. The van der Waals surface area contributed by atoms with Crippen LogP contribution < -0.4 is 0 Å². The van der Waals surface area contributed by atoms with Crippen LogP contribution >= 0.6 is 11.8 Å². The minimum atomic E-state index is -6.00. The van der Waals surface area contributed by atoms with Gasteiger partial charge in [-0.25, -0.2) is 0 Å². The molecule has 0 spiro atoms. The van der Waals surface area contributed by atoms with E-state index in [1.165, 1.54) is 41.2 Å². The third-order valence-corrected chi connectivity index (χ3v) is 9.82. The minimum Gasteiger partial charge on any atom is -0.418 e. The van der Waals surface area contributed by atoms with E-state index in [1.807, 2.05) is 11.8 Å². The second kappa shape index (κ2) is 11.5. The van der Waals surface area contributed by atoms with E-state index in [-0.39, 0.29) is 16.8 Å². The van der Waals surface area contributed by atoms with E-state index < -0.39 is 7.25 Å². The van der Waals surface area contributed by atoms with Gasteiger partial charge in [0.15, 0.2) is 14.7 Å². The normalized spacial score (nSPS) is 12.8. The first kappa shape index (κ1) is 26.2. The first-order valence-electron chi connectivity index (χ1n) is 12.1. The standard InChI is InChI=1S/C31H23S2.BF4/c1-3-11-23(12-4-1)31(24-13-5-2-6-14-24)25-19-21-26(22-20-25)33-29-17-9-7-15-27(29)32-28-16-8-10-18-30(28)33;2-1(3,4)5/h1-22,31H;/q+1;-1. The molecular formula is C31H23BF4S2. The predicted octanol–water partition coefficient (Wildman–Crippen LogP) is 9.73. The van der Waals surface area contributed by atoms with Crippen LogP contribution in [0.3, 0.4) is 0 Å². The Morgan fingerprint density at radius 3 is 1.29 bits per heavy atom. The monoisotopic (exact) mass is 546 g/mol. The lowest BCUT2D eigenvalue weighted by molar-refractivity contribution is 0.368. The van der Waals surface area contributed by atoms with Crippen LogP contribution in [-0.4, -0.2) is 7.25 Å². The van der Waals surface area contributed by atoms with Gasteiger partial charge < -0.3 is 17.3 Å². The summed E-state index contributed by atoms with van der Waals surface area (Å²) in [5.41, 5.74) is 3.97. The van der Waals surface area contributed by atoms with Crippen LogP contribution in [0.1, 0.15) is 22.6 Å². The predicted molar refractivity (Wildman–Crippen MR) is 150 cm³/mol. The molecule has 0 aliphatic carbocycles. The van der Waals surface area contributed by atoms with Crippen molar-refractivity contribution in [3.05, 3.63) is 150 Å². The number of fused-ring (bicyclic) bond motifs is 2. The molecule has 5 aromatic carbocycles. The van der Waals surface area contributed by atoms with Gasteiger partial charge >= 0.3 is 7.25 Å². The fourth-order valence-corrected chi connectivity index (χ4v) is 8.30. The zero-order chi connectivity index (χ0) is 26.5.